The first kappa shape index (κ1) is 27.1. The van der Waals surface area contributed by atoms with Gasteiger partial charge in [-0.05, 0) is 87.1 Å². The van der Waals surface area contributed by atoms with E-state index >= 15 is 0 Å². The molecule has 40 heavy (non-hydrogen) atoms. The van der Waals surface area contributed by atoms with Gasteiger partial charge in [0.2, 0.25) is 0 Å². The Hall–Kier alpha value is -4.47. The van der Waals surface area contributed by atoms with Gasteiger partial charge in [0, 0.05) is 29.6 Å². The van der Waals surface area contributed by atoms with E-state index < -0.39 is 11.8 Å². The van der Waals surface area contributed by atoms with E-state index in [2.05, 4.69) is 27.6 Å². The van der Waals surface area contributed by atoms with Crippen molar-refractivity contribution in [2.24, 2.45) is 0 Å². The first-order valence-corrected chi connectivity index (χ1v) is 13.2. The van der Waals surface area contributed by atoms with E-state index in [1.807, 2.05) is 16.8 Å². The van der Waals surface area contributed by atoms with Crippen LogP contribution in [0.3, 0.4) is 0 Å². The number of rotatable bonds is 6. The van der Waals surface area contributed by atoms with Gasteiger partial charge in [0.1, 0.15) is 11.6 Å². The highest BCUT2D eigenvalue weighted by atomic mass is 35.5. The topological polar surface area (TPSA) is 117 Å². The number of likely N-dealkylation sites (tertiary alicyclic amines) is 1. The molecule has 0 bridgehead atoms. The van der Waals surface area contributed by atoms with E-state index in [0.717, 1.165) is 25.9 Å². The number of pyridine rings is 2. The van der Waals surface area contributed by atoms with Gasteiger partial charge >= 0.3 is 0 Å². The zero-order valence-corrected chi connectivity index (χ0v) is 22.6. The second-order valence-corrected chi connectivity index (χ2v) is 10.2. The van der Waals surface area contributed by atoms with E-state index in [1.54, 1.807) is 36.4 Å². The first-order chi connectivity index (χ1) is 19.3. The molecule has 0 unspecified atom stereocenters. The molecular weight excluding hydrogens is 530 g/mol. The first-order valence-electron chi connectivity index (χ1n) is 12.9. The molecule has 1 saturated heterocycles. The van der Waals surface area contributed by atoms with Crippen molar-refractivity contribution in [2.45, 2.75) is 18.9 Å². The standard InChI is InChI=1S/C30H28ClN5O4/c1-35-16-13-22(14-17-35)36-15-3-5-23(30(36)40)19-7-9-20(10-8-19)28(38)34-27-24(4-2-6-25(27)37)29(39)33-26-12-11-21(31)18-32-26/h2-12,15,18,22,37H,13-14,16-17H2,1H3,(H,34,38)(H,32,33,39). The lowest BCUT2D eigenvalue weighted by Gasteiger charge is -2.30. The molecule has 1 fully saturated rings. The van der Waals surface area contributed by atoms with Gasteiger partial charge < -0.3 is 25.2 Å². The number of amides is 2. The van der Waals surface area contributed by atoms with E-state index in [0.29, 0.717) is 21.7 Å². The fraction of sp³-hybridized carbons (Fsp3) is 0.200. The Morgan fingerprint density at radius 1 is 0.950 bits per heavy atom. The molecule has 2 aromatic carbocycles. The number of nitrogens with zero attached hydrogens (tertiary/aromatic N) is 3. The van der Waals surface area contributed by atoms with Crippen molar-refractivity contribution in [2.75, 3.05) is 30.8 Å². The van der Waals surface area contributed by atoms with Gasteiger partial charge in [0.05, 0.1) is 16.3 Å². The number of benzene rings is 2. The van der Waals surface area contributed by atoms with Gasteiger partial charge in [-0.3, -0.25) is 14.4 Å². The van der Waals surface area contributed by atoms with Crippen LogP contribution in [0.2, 0.25) is 5.02 Å². The molecule has 2 amide bonds. The van der Waals surface area contributed by atoms with E-state index in [-0.39, 0.29) is 34.4 Å². The number of aromatic nitrogens is 2. The SMILES string of the molecule is CN1CCC(n2cccc(-c3ccc(C(=O)Nc4c(O)cccc4C(=O)Nc4ccc(Cl)cn4)cc3)c2=O)CC1. The summed E-state index contributed by atoms with van der Waals surface area (Å²) in [5.41, 5.74) is 1.51. The Labute approximate surface area is 236 Å². The number of anilines is 2. The quantitative estimate of drug-likeness (QED) is 0.286. The number of phenols is 1. The molecule has 9 nitrogen and oxygen atoms in total. The number of piperidine rings is 1. The third-order valence-corrected chi connectivity index (χ3v) is 7.23. The minimum absolute atomic E-state index is 0.0351. The van der Waals surface area contributed by atoms with E-state index in [9.17, 15) is 19.5 Å². The van der Waals surface area contributed by atoms with Gasteiger partial charge in [-0.15, -0.1) is 0 Å². The molecule has 0 radical (unpaired) electrons. The summed E-state index contributed by atoms with van der Waals surface area (Å²) >= 11 is 5.85. The normalized spacial score (nSPS) is 14.1. The molecule has 0 atom stereocenters. The van der Waals surface area contributed by atoms with Crippen LogP contribution in [0.25, 0.3) is 11.1 Å². The largest absolute Gasteiger partial charge is 0.506 e. The highest BCUT2D eigenvalue weighted by Crippen LogP contribution is 2.29. The van der Waals surface area contributed by atoms with Crippen LogP contribution in [-0.4, -0.2) is 51.5 Å². The van der Waals surface area contributed by atoms with E-state index in [4.69, 9.17) is 11.6 Å². The van der Waals surface area contributed by atoms with Crippen molar-refractivity contribution < 1.29 is 14.7 Å². The summed E-state index contributed by atoms with van der Waals surface area (Å²) in [5.74, 6) is -1.09. The molecule has 1 aliphatic rings. The van der Waals surface area contributed by atoms with Gasteiger partial charge in [0.15, 0.2) is 0 Å². The predicted octanol–water partition coefficient (Wildman–Crippen LogP) is 5.04. The highest BCUT2D eigenvalue weighted by molar-refractivity contribution is 6.30. The molecule has 0 saturated carbocycles. The summed E-state index contributed by atoms with van der Waals surface area (Å²) < 4.78 is 1.81. The molecule has 1 aliphatic heterocycles. The monoisotopic (exact) mass is 557 g/mol. The van der Waals surface area contributed by atoms with Crippen LogP contribution >= 0.6 is 11.6 Å². The molecule has 0 aliphatic carbocycles. The number of phenolic OH excluding ortho intramolecular Hbond substituents is 1. The highest BCUT2D eigenvalue weighted by Gasteiger charge is 2.21. The van der Waals surface area contributed by atoms with Gasteiger partial charge in [-0.1, -0.05) is 29.8 Å². The van der Waals surface area contributed by atoms with Crippen LogP contribution in [0.15, 0.2) is 83.9 Å². The van der Waals surface area contributed by atoms with Crippen molar-refractivity contribution in [3.8, 4) is 16.9 Å². The van der Waals surface area contributed by atoms with Crippen LogP contribution in [-0.2, 0) is 0 Å². The smallest absolute Gasteiger partial charge is 0.259 e. The van der Waals surface area contributed by atoms with Crippen molar-refractivity contribution in [1.29, 1.82) is 0 Å². The summed E-state index contributed by atoms with van der Waals surface area (Å²) in [4.78, 5) is 45.6. The summed E-state index contributed by atoms with van der Waals surface area (Å²) in [6.07, 6.45) is 5.07. The summed E-state index contributed by atoms with van der Waals surface area (Å²) in [7, 11) is 2.08. The second kappa shape index (κ2) is 11.7. The molecule has 5 rings (SSSR count). The number of carbonyl (C=O) groups excluding carboxylic acids is 2. The molecule has 204 valence electrons. The Morgan fingerprint density at radius 2 is 1.70 bits per heavy atom. The summed E-state index contributed by atoms with van der Waals surface area (Å²) in [6.45, 7) is 1.90. The van der Waals surface area contributed by atoms with Crippen molar-refractivity contribution in [1.82, 2.24) is 14.5 Å². The molecule has 10 heteroatoms. The zero-order valence-electron chi connectivity index (χ0n) is 21.8. The Bertz CT molecular complexity index is 1590. The molecule has 2 aromatic heterocycles. The lowest BCUT2D eigenvalue weighted by Crippen LogP contribution is -2.35. The molecule has 3 heterocycles. The number of para-hydroxylation sites is 1. The van der Waals surface area contributed by atoms with Gasteiger partial charge in [-0.25, -0.2) is 4.98 Å². The molecule has 4 aromatic rings. The minimum Gasteiger partial charge on any atom is -0.506 e. The average molecular weight is 558 g/mol. The summed E-state index contributed by atoms with van der Waals surface area (Å²) in [5, 5.41) is 16.1. The summed E-state index contributed by atoms with van der Waals surface area (Å²) in [6, 6.07) is 17.9. The van der Waals surface area contributed by atoms with Crippen LogP contribution < -0.4 is 16.2 Å². The molecule has 0 spiro atoms. The van der Waals surface area contributed by atoms with Gasteiger partial charge in [-0.2, -0.15) is 0 Å². The third-order valence-electron chi connectivity index (χ3n) is 7.01. The number of aromatic hydroxyl groups is 1. The second-order valence-electron chi connectivity index (χ2n) is 9.72. The average Bonchev–Trinajstić information content (AvgIpc) is 2.96. The van der Waals surface area contributed by atoms with Crippen LogP contribution in [0.1, 0.15) is 39.6 Å². The van der Waals surface area contributed by atoms with Crippen molar-refractivity contribution >= 4 is 34.9 Å². The number of carbonyl (C=O) groups is 2. The van der Waals surface area contributed by atoms with Gasteiger partial charge in [0.25, 0.3) is 17.4 Å². The van der Waals surface area contributed by atoms with Crippen LogP contribution in [0.5, 0.6) is 5.75 Å². The van der Waals surface area contributed by atoms with Crippen LogP contribution in [0.4, 0.5) is 11.5 Å². The predicted molar refractivity (Wildman–Crippen MR) is 155 cm³/mol. The number of nitrogens with one attached hydrogen (secondary N) is 2. The number of hydrogen-bond donors (Lipinski definition) is 3. The Morgan fingerprint density at radius 3 is 2.40 bits per heavy atom. The fourth-order valence-corrected chi connectivity index (χ4v) is 4.88. The van der Waals surface area contributed by atoms with Crippen molar-refractivity contribution in [3.63, 3.8) is 0 Å². The molecule has 3 N–H and O–H groups in total. The van der Waals surface area contributed by atoms with E-state index in [1.165, 1.54) is 30.5 Å². The number of halogens is 1. The van der Waals surface area contributed by atoms with Crippen molar-refractivity contribution in [3.05, 3.63) is 106 Å². The maximum Gasteiger partial charge on any atom is 0.259 e. The lowest BCUT2D eigenvalue weighted by molar-refractivity contribution is 0.102. The Balaban J connectivity index is 1.33. The maximum atomic E-state index is 13.3. The number of hydrogen-bond acceptors (Lipinski definition) is 6. The maximum absolute atomic E-state index is 13.3. The Kier molecular flexibility index (Phi) is 7.95. The van der Waals surface area contributed by atoms with Crippen LogP contribution in [0, 0.1) is 0 Å². The molecular formula is C30H28ClN5O4. The minimum atomic E-state index is -0.568. The lowest BCUT2D eigenvalue weighted by atomic mass is 10.0. The third kappa shape index (κ3) is 5.90. The fourth-order valence-electron chi connectivity index (χ4n) is 4.77. The zero-order chi connectivity index (χ0) is 28.2.